The maximum atomic E-state index is 7.53. The number of unbranched alkanes of at least 4 members (excludes halogenated alkanes) is 1. The summed E-state index contributed by atoms with van der Waals surface area (Å²) in [6.07, 6.45) is 4.01. The Balaban J connectivity index is 2.20. The van der Waals surface area contributed by atoms with E-state index in [9.17, 15) is 0 Å². The van der Waals surface area contributed by atoms with Crippen LogP contribution in [0.2, 0.25) is 0 Å². The van der Waals surface area contributed by atoms with Crippen LogP contribution in [-0.4, -0.2) is 42.6 Å². The molecule has 18 heavy (non-hydrogen) atoms. The molecule has 0 bridgehead atoms. The van der Waals surface area contributed by atoms with Crippen LogP contribution in [-0.2, 0) is 4.74 Å². The highest BCUT2D eigenvalue weighted by atomic mass is 16.5. The van der Waals surface area contributed by atoms with Crippen molar-refractivity contribution in [2.24, 2.45) is 11.1 Å². The molecule has 1 aliphatic heterocycles. The lowest BCUT2D eigenvalue weighted by molar-refractivity contribution is -0.0682. The van der Waals surface area contributed by atoms with Crippen LogP contribution in [0.25, 0.3) is 0 Å². The first-order chi connectivity index (χ1) is 8.31. The number of hydrogen-bond acceptors (Lipinski definition) is 3. The molecule has 2 atom stereocenters. The van der Waals surface area contributed by atoms with E-state index in [-0.39, 0.29) is 5.41 Å². The lowest BCUT2D eigenvalue weighted by Gasteiger charge is -2.35. The van der Waals surface area contributed by atoms with E-state index in [0.29, 0.717) is 18.0 Å². The second-order valence-electron chi connectivity index (χ2n) is 6.27. The van der Waals surface area contributed by atoms with Crippen LogP contribution >= 0.6 is 0 Å². The molecule has 2 unspecified atom stereocenters. The van der Waals surface area contributed by atoms with Gasteiger partial charge in [0.1, 0.15) is 0 Å². The average molecular weight is 255 g/mol. The van der Waals surface area contributed by atoms with Crippen molar-refractivity contribution in [3.63, 3.8) is 0 Å². The number of nitrogens with zero attached hydrogens (tertiary/aromatic N) is 1. The van der Waals surface area contributed by atoms with Gasteiger partial charge in [0.05, 0.1) is 18.0 Å². The Hall–Kier alpha value is -0.610. The Bertz CT molecular complexity index is 268. The molecule has 4 nitrogen and oxygen atoms in total. The molecule has 106 valence electrons. The predicted octanol–water partition coefficient (Wildman–Crippen LogP) is 2.23. The fraction of sp³-hybridized carbons (Fsp3) is 0.929. The molecule has 4 heteroatoms. The Morgan fingerprint density at radius 1 is 1.28 bits per heavy atom. The summed E-state index contributed by atoms with van der Waals surface area (Å²) in [6.45, 7) is 11.6. The molecule has 1 rings (SSSR count). The zero-order valence-electron chi connectivity index (χ0n) is 12.3. The molecule has 1 heterocycles. The topological polar surface area (TPSA) is 62.3 Å². The van der Waals surface area contributed by atoms with Gasteiger partial charge in [-0.3, -0.25) is 10.3 Å². The average Bonchev–Trinajstić information content (AvgIpc) is 2.23. The lowest BCUT2D eigenvalue weighted by atomic mass is 9.86. The van der Waals surface area contributed by atoms with E-state index in [4.69, 9.17) is 15.9 Å². The van der Waals surface area contributed by atoms with Crippen LogP contribution in [0, 0.1) is 10.8 Å². The van der Waals surface area contributed by atoms with E-state index < -0.39 is 0 Å². The van der Waals surface area contributed by atoms with Gasteiger partial charge in [0.15, 0.2) is 0 Å². The molecule has 1 fully saturated rings. The van der Waals surface area contributed by atoms with Crippen LogP contribution in [0.4, 0.5) is 0 Å². The fourth-order valence-corrected chi connectivity index (χ4v) is 2.50. The molecule has 1 aliphatic rings. The number of rotatable bonds is 6. The molecular weight excluding hydrogens is 226 g/mol. The van der Waals surface area contributed by atoms with Crippen LogP contribution < -0.4 is 5.73 Å². The van der Waals surface area contributed by atoms with Crippen molar-refractivity contribution in [1.29, 1.82) is 5.41 Å². The van der Waals surface area contributed by atoms with E-state index in [2.05, 4.69) is 18.7 Å². The molecule has 0 aliphatic carbocycles. The maximum Gasteiger partial charge on any atom is 0.0963 e. The third kappa shape index (κ3) is 4.94. The van der Waals surface area contributed by atoms with Gasteiger partial charge < -0.3 is 10.5 Å². The standard InChI is InChI=1S/C14H29N3O/c1-11-9-17(10-12(2)18-11)8-6-5-7-14(3,4)13(15)16/h11-12H,5-10H2,1-4H3,(H3,15,16). The Morgan fingerprint density at radius 2 is 1.83 bits per heavy atom. The molecule has 1 saturated heterocycles. The van der Waals surface area contributed by atoms with Gasteiger partial charge in [0, 0.05) is 18.5 Å². The minimum atomic E-state index is -0.147. The molecule has 0 aromatic carbocycles. The number of nitrogens with one attached hydrogen (secondary N) is 1. The molecule has 3 N–H and O–H groups in total. The molecule has 0 radical (unpaired) electrons. The fourth-order valence-electron chi connectivity index (χ4n) is 2.50. The molecule has 0 saturated carbocycles. The summed E-state index contributed by atoms with van der Waals surface area (Å²) in [5.74, 6) is 0.302. The van der Waals surface area contributed by atoms with Crippen LogP contribution in [0.1, 0.15) is 47.0 Å². The Labute approximate surface area is 111 Å². The zero-order valence-corrected chi connectivity index (χ0v) is 12.3. The highest BCUT2D eigenvalue weighted by Crippen LogP contribution is 2.23. The summed E-state index contributed by atoms with van der Waals surface area (Å²) in [5, 5.41) is 7.53. The molecular formula is C14H29N3O. The first-order valence-electron chi connectivity index (χ1n) is 7.03. The van der Waals surface area contributed by atoms with E-state index in [1.807, 2.05) is 13.8 Å². The van der Waals surface area contributed by atoms with Crippen molar-refractivity contribution < 1.29 is 4.74 Å². The Kier molecular flexibility index (Phi) is 5.60. The predicted molar refractivity (Wildman–Crippen MR) is 76.0 cm³/mol. The van der Waals surface area contributed by atoms with Crippen molar-refractivity contribution in [2.45, 2.75) is 59.2 Å². The molecule has 0 aromatic rings. The second-order valence-corrected chi connectivity index (χ2v) is 6.27. The van der Waals surface area contributed by atoms with E-state index in [1.54, 1.807) is 0 Å². The van der Waals surface area contributed by atoms with Crippen LogP contribution in [0.3, 0.4) is 0 Å². The summed E-state index contributed by atoms with van der Waals surface area (Å²) < 4.78 is 5.72. The minimum Gasteiger partial charge on any atom is -0.387 e. The van der Waals surface area contributed by atoms with E-state index >= 15 is 0 Å². The zero-order chi connectivity index (χ0) is 13.8. The summed E-state index contributed by atoms with van der Waals surface area (Å²) >= 11 is 0. The number of amidine groups is 1. The summed E-state index contributed by atoms with van der Waals surface area (Å²) in [6, 6.07) is 0. The number of hydrogen-bond donors (Lipinski definition) is 2. The second kappa shape index (κ2) is 6.53. The first-order valence-corrected chi connectivity index (χ1v) is 7.03. The highest BCUT2D eigenvalue weighted by molar-refractivity contribution is 5.82. The van der Waals surface area contributed by atoms with Crippen molar-refractivity contribution in [3.8, 4) is 0 Å². The lowest BCUT2D eigenvalue weighted by Crippen LogP contribution is -2.45. The van der Waals surface area contributed by atoms with Crippen LogP contribution in [0.5, 0.6) is 0 Å². The van der Waals surface area contributed by atoms with Gasteiger partial charge in [-0.15, -0.1) is 0 Å². The third-order valence-corrected chi connectivity index (χ3v) is 3.75. The summed E-state index contributed by atoms with van der Waals surface area (Å²) in [5.41, 5.74) is 5.44. The molecule has 0 aromatic heterocycles. The van der Waals surface area contributed by atoms with Gasteiger partial charge >= 0.3 is 0 Å². The van der Waals surface area contributed by atoms with Crippen molar-refractivity contribution >= 4 is 5.84 Å². The molecule has 0 spiro atoms. The SMILES string of the molecule is CC1CN(CCCCC(C)(C)C(=N)N)CC(C)O1. The number of ether oxygens (including phenoxy) is 1. The normalized spacial score (nSPS) is 26.2. The van der Waals surface area contributed by atoms with Gasteiger partial charge in [-0.2, -0.15) is 0 Å². The van der Waals surface area contributed by atoms with Crippen molar-refractivity contribution in [1.82, 2.24) is 4.90 Å². The van der Waals surface area contributed by atoms with Crippen LogP contribution in [0.15, 0.2) is 0 Å². The minimum absolute atomic E-state index is 0.147. The van der Waals surface area contributed by atoms with Gasteiger partial charge in [-0.05, 0) is 33.2 Å². The summed E-state index contributed by atoms with van der Waals surface area (Å²) in [7, 11) is 0. The highest BCUT2D eigenvalue weighted by Gasteiger charge is 2.23. The van der Waals surface area contributed by atoms with E-state index in [1.165, 1.54) is 6.42 Å². The number of morpholine rings is 1. The van der Waals surface area contributed by atoms with Gasteiger partial charge in [-0.1, -0.05) is 20.3 Å². The maximum absolute atomic E-state index is 7.53. The Morgan fingerprint density at radius 3 is 2.33 bits per heavy atom. The summed E-state index contributed by atoms with van der Waals surface area (Å²) in [4.78, 5) is 2.49. The first kappa shape index (κ1) is 15.4. The van der Waals surface area contributed by atoms with E-state index in [0.717, 1.165) is 32.5 Å². The van der Waals surface area contributed by atoms with Gasteiger partial charge in [0.25, 0.3) is 0 Å². The quantitative estimate of drug-likeness (QED) is 0.434. The molecule has 0 amide bonds. The van der Waals surface area contributed by atoms with Crippen molar-refractivity contribution in [2.75, 3.05) is 19.6 Å². The van der Waals surface area contributed by atoms with Gasteiger partial charge in [0.2, 0.25) is 0 Å². The smallest absolute Gasteiger partial charge is 0.0963 e. The third-order valence-electron chi connectivity index (χ3n) is 3.75. The van der Waals surface area contributed by atoms with Crippen molar-refractivity contribution in [3.05, 3.63) is 0 Å². The number of nitrogens with two attached hydrogens (primary N) is 1. The van der Waals surface area contributed by atoms with Gasteiger partial charge in [-0.25, -0.2) is 0 Å². The monoisotopic (exact) mass is 255 g/mol. The largest absolute Gasteiger partial charge is 0.387 e.